The second kappa shape index (κ2) is 9.93. The maximum atomic E-state index is 12.9. The molecule has 162 valence electrons. The van der Waals surface area contributed by atoms with Crippen molar-refractivity contribution >= 4 is 31.4 Å². The monoisotopic (exact) mass is 450 g/mol. The highest BCUT2D eigenvalue weighted by Crippen LogP contribution is 2.29. The third-order valence-corrected chi connectivity index (χ3v) is 7.87. The van der Waals surface area contributed by atoms with Crippen molar-refractivity contribution < 1.29 is 16.8 Å². The molecule has 0 aromatic heterocycles. The van der Waals surface area contributed by atoms with E-state index in [2.05, 4.69) is 10.0 Å². The molecule has 0 unspecified atom stereocenters. The van der Waals surface area contributed by atoms with Gasteiger partial charge in [0.05, 0.1) is 32.8 Å². The van der Waals surface area contributed by atoms with Crippen molar-refractivity contribution in [2.45, 2.75) is 37.0 Å². The fourth-order valence-corrected chi connectivity index (χ4v) is 5.36. The predicted molar refractivity (Wildman–Crippen MR) is 117 cm³/mol. The zero-order chi connectivity index (χ0) is 22.4. The molecule has 10 heteroatoms. The average Bonchev–Trinajstić information content (AvgIpc) is 2.73. The number of nitrogens with one attached hydrogen (secondary N) is 2. The summed E-state index contributed by atoms with van der Waals surface area (Å²) in [4.78, 5) is -0.0225. The van der Waals surface area contributed by atoms with Gasteiger partial charge in [0.2, 0.25) is 10.0 Å². The standard InChI is InChI=1S/C20H26N4O4S2/c1-4-13-22-19-12-11-18(30(27,28)24(5-2)6-3)14-20(19)23-29(25,26)17-9-7-16(15-21)8-10-17/h7-12,14,22-23H,4-6,13H2,1-3H3. The van der Waals surface area contributed by atoms with Crippen LogP contribution in [0, 0.1) is 11.3 Å². The van der Waals surface area contributed by atoms with Gasteiger partial charge >= 0.3 is 0 Å². The third kappa shape index (κ3) is 5.30. The molecule has 0 radical (unpaired) electrons. The molecule has 0 spiro atoms. The van der Waals surface area contributed by atoms with Crippen LogP contribution in [0.3, 0.4) is 0 Å². The van der Waals surface area contributed by atoms with Crippen LogP contribution in [0.5, 0.6) is 0 Å². The van der Waals surface area contributed by atoms with Gasteiger partial charge in [-0.25, -0.2) is 16.8 Å². The Kier molecular flexibility index (Phi) is 7.83. The highest BCUT2D eigenvalue weighted by molar-refractivity contribution is 7.92. The summed E-state index contributed by atoms with van der Waals surface area (Å²) in [6.45, 7) is 6.65. The van der Waals surface area contributed by atoms with Crippen molar-refractivity contribution in [1.82, 2.24) is 4.31 Å². The van der Waals surface area contributed by atoms with Crippen molar-refractivity contribution in [3.05, 3.63) is 48.0 Å². The molecule has 0 aliphatic carbocycles. The first-order chi connectivity index (χ1) is 14.2. The van der Waals surface area contributed by atoms with E-state index in [-0.39, 0.29) is 15.5 Å². The molecule has 0 fully saturated rings. The van der Waals surface area contributed by atoms with Crippen LogP contribution in [0.25, 0.3) is 0 Å². The van der Waals surface area contributed by atoms with E-state index < -0.39 is 20.0 Å². The summed E-state index contributed by atoms with van der Waals surface area (Å²) in [6.07, 6.45) is 0.807. The molecule has 0 amide bonds. The zero-order valence-electron chi connectivity index (χ0n) is 17.2. The minimum Gasteiger partial charge on any atom is -0.383 e. The van der Waals surface area contributed by atoms with E-state index in [4.69, 9.17) is 5.26 Å². The second-order valence-electron chi connectivity index (χ2n) is 6.47. The van der Waals surface area contributed by atoms with E-state index in [0.29, 0.717) is 30.9 Å². The van der Waals surface area contributed by atoms with Crippen molar-refractivity contribution in [2.75, 3.05) is 29.7 Å². The highest BCUT2D eigenvalue weighted by atomic mass is 32.2. The van der Waals surface area contributed by atoms with E-state index in [0.717, 1.165) is 6.42 Å². The lowest BCUT2D eigenvalue weighted by atomic mass is 10.2. The van der Waals surface area contributed by atoms with E-state index in [1.54, 1.807) is 19.9 Å². The number of nitriles is 1. The van der Waals surface area contributed by atoms with Gasteiger partial charge in [-0.2, -0.15) is 9.57 Å². The maximum Gasteiger partial charge on any atom is 0.261 e. The lowest BCUT2D eigenvalue weighted by Crippen LogP contribution is -2.30. The minimum absolute atomic E-state index is 0.00535. The lowest BCUT2D eigenvalue weighted by molar-refractivity contribution is 0.445. The van der Waals surface area contributed by atoms with Gasteiger partial charge in [0.1, 0.15) is 0 Å². The molecule has 8 nitrogen and oxygen atoms in total. The van der Waals surface area contributed by atoms with Gasteiger partial charge < -0.3 is 5.32 Å². The van der Waals surface area contributed by atoms with Crippen LogP contribution in [0.1, 0.15) is 32.8 Å². The summed E-state index contributed by atoms with van der Waals surface area (Å²) in [5, 5.41) is 12.0. The van der Waals surface area contributed by atoms with Gasteiger partial charge in [-0.15, -0.1) is 0 Å². The summed E-state index contributed by atoms with van der Waals surface area (Å²) < 4.78 is 55.2. The number of hydrogen-bond donors (Lipinski definition) is 2. The van der Waals surface area contributed by atoms with Gasteiger partial charge in [-0.05, 0) is 48.9 Å². The number of nitrogens with zero attached hydrogens (tertiary/aromatic N) is 2. The van der Waals surface area contributed by atoms with Gasteiger partial charge in [-0.1, -0.05) is 20.8 Å². The Labute approximate surface area is 178 Å². The summed E-state index contributed by atoms with van der Waals surface area (Å²) in [6, 6.07) is 11.8. The quantitative estimate of drug-likeness (QED) is 0.574. The fourth-order valence-electron chi connectivity index (χ4n) is 2.81. The van der Waals surface area contributed by atoms with Crippen LogP contribution in [0.4, 0.5) is 11.4 Å². The average molecular weight is 451 g/mol. The molecular weight excluding hydrogens is 424 g/mol. The highest BCUT2D eigenvalue weighted by Gasteiger charge is 2.24. The maximum absolute atomic E-state index is 12.9. The van der Waals surface area contributed by atoms with Gasteiger partial charge in [-0.3, -0.25) is 4.72 Å². The number of hydrogen-bond acceptors (Lipinski definition) is 6. The first kappa shape index (κ1) is 23.7. The van der Waals surface area contributed by atoms with Crippen LogP contribution in [-0.2, 0) is 20.0 Å². The molecule has 0 aliphatic rings. The van der Waals surface area contributed by atoms with Crippen LogP contribution >= 0.6 is 0 Å². The second-order valence-corrected chi connectivity index (χ2v) is 10.1. The summed E-state index contributed by atoms with van der Waals surface area (Å²) in [7, 11) is -7.74. The van der Waals surface area contributed by atoms with Crippen molar-refractivity contribution in [3.63, 3.8) is 0 Å². The fraction of sp³-hybridized carbons (Fsp3) is 0.350. The molecule has 0 aliphatic heterocycles. The first-order valence-electron chi connectivity index (χ1n) is 9.60. The van der Waals surface area contributed by atoms with E-state index in [1.807, 2.05) is 13.0 Å². The van der Waals surface area contributed by atoms with Crippen LogP contribution in [-0.4, -0.2) is 40.8 Å². The number of sulfonamides is 2. The molecule has 0 heterocycles. The Morgan fingerprint density at radius 3 is 2.03 bits per heavy atom. The summed E-state index contributed by atoms with van der Waals surface area (Å²) >= 11 is 0. The Balaban J connectivity index is 2.50. The Hall–Kier alpha value is -2.61. The molecule has 0 atom stereocenters. The largest absolute Gasteiger partial charge is 0.383 e. The molecular formula is C20H26N4O4S2. The molecule has 2 rings (SSSR count). The Morgan fingerprint density at radius 2 is 1.50 bits per heavy atom. The van der Waals surface area contributed by atoms with Crippen molar-refractivity contribution in [2.24, 2.45) is 0 Å². The predicted octanol–water partition coefficient (Wildman–Crippen LogP) is 3.21. The van der Waals surface area contributed by atoms with Crippen molar-refractivity contribution in [1.29, 1.82) is 5.26 Å². The number of rotatable bonds is 10. The van der Waals surface area contributed by atoms with Crippen LogP contribution < -0.4 is 10.0 Å². The van der Waals surface area contributed by atoms with Crippen molar-refractivity contribution in [3.8, 4) is 6.07 Å². The molecule has 0 bridgehead atoms. The van der Waals surface area contributed by atoms with Gasteiger partial charge in [0.15, 0.2) is 0 Å². The summed E-state index contributed by atoms with van der Waals surface area (Å²) in [5.41, 5.74) is 0.958. The minimum atomic E-state index is -3.99. The number of benzene rings is 2. The molecule has 2 aromatic carbocycles. The molecule has 0 saturated carbocycles. The van der Waals surface area contributed by atoms with Crippen LogP contribution in [0.15, 0.2) is 52.3 Å². The molecule has 30 heavy (non-hydrogen) atoms. The molecule has 2 N–H and O–H groups in total. The van der Waals surface area contributed by atoms with E-state index in [1.165, 1.54) is 40.7 Å². The lowest BCUT2D eigenvalue weighted by Gasteiger charge is -2.20. The Morgan fingerprint density at radius 1 is 0.900 bits per heavy atom. The van der Waals surface area contributed by atoms with E-state index in [9.17, 15) is 16.8 Å². The first-order valence-corrected chi connectivity index (χ1v) is 12.5. The third-order valence-electron chi connectivity index (χ3n) is 4.44. The molecule has 2 aromatic rings. The van der Waals surface area contributed by atoms with Gasteiger partial charge in [0, 0.05) is 19.6 Å². The zero-order valence-corrected chi connectivity index (χ0v) is 18.8. The summed E-state index contributed by atoms with van der Waals surface area (Å²) in [5.74, 6) is 0. The number of anilines is 2. The van der Waals surface area contributed by atoms with E-state index >= 15 is 0 Å². The van der Waals surface area contributed by atoms with Crippen LogP contribution in [0.2, 0.25) is 0 Å². The van der Waals surface area contributed by atoms with Gasteiger partial charge in [0.25, 0.3) is 10.0 Å². The normalized spacial score (nSPS) is 11.8. The Bertz CT molecular complexity index is 1120. The SMILES string of the molecule is CCCNc1ccc(S(=O)(=O)N(CC)CC)cc1NS(=O)(=O)c1ccc(C#N)cc1. The topological polar surface area (TPSA) is 119 Å². The smallest absolute Gasteiger partial charge is 0.261 e. The molecule has 0 saturated heterocycles.